The van der Waals surface area contributed by atoms with Crippen molar-refractivity contribution in [2.75, 3.05) is 19.7 Å². The first-order valence-electron chi connectivity index (χ1n) is 8.79. The Balaban J connectivity index is 2.02. The Labute approximate surface area is 179 Å². The summed E-state index contributed by atoms with van der Waals surface area (Å²) < 4.78 is 53.4. The third kappa shape index (κ3) is 3.85. The van der Waals surface area contributed by atoms with Crippen molar-refractivity contribution in [3.05, 3.63) is 58.6 Å². The minimum absolute atomic E-state index is 0.105. The predicted octanol–water partition coefficient (Wildman–Crippen LogP) is 1.09. The predicted molar refractivity (Wildman–Crippen MR) is 109 cm³/mol. The van der Waals surface area contributed by atoms with Crippen LogP contribution in [-0.4, -0.2) is 61.9 Å². The summed E-state index contributed by atoms with van der Waals surface area (Å²) >= 11 is 5.80. The van der Waals surface area contributed by atoms with Crippen molar-refractivity contribution in [3.63, 3.8) is 0 Å². The van der Waals surface area contributed by atoms with Crippen LogP contribution in [0.5, 0.6) is 0 Å². The van der Waals surface area contributed by atoms with Crippen molar-refractivity contribution in [2.45, 2.75) is 27.6 Å². The first-order chi connectivity index (χ1) is 14.0. The van der Waals surface area contributed by atoms with Crippen molar-refractivity contribution in [3.8, 4) is 6.07 Å². The van der Waals surface area contributed by atoms with Crippen LogP contribution in [0.3, 0.4) is 0 Å². The summed E-state index contributed by atoms with van der Waals surface area (Å²) in [7, 11) is -8.38. The molecule has 2 aromatic rings. The lowest BCUT2D eigenvalue weighted by molar-refractivity contribution is 0.00160. The maximum absolute atomic E-state index is 13.2. The number of sulfone groups is 1. The number of aliphatic hydroxyl groups is 2. The van der Waals surface area contributed by atoms with E-state index >= 15 is 0 Å². The Kier molecular flexibility index (Phi) is 5.99. The quantitative estimate of drug-likeness (QED) is 0.667. The zero-order valence-corrected chi connectivity index (χ0v) is 18.2. The Morgan fingerprint density at radius 3 is 2.37 bits per heavy atom. The molecule has 0 bridgehead atoms. The SMILES string of the molecule is Cc1cc(C#N)ccc1S(=O)(=O)N1C[C@H](S(=O)(=O)c2ccc(Cl)cc2)[C@](O)(CO)C1. The van der Waals surface area contributed by atoms with E-state index in [4.69, 9.17) is 16.9 Å². The molecule has 2 atom stereocenters. The molecular weight excluding hydrogens is 452 g/mol. The van der Waals surface area contributed by atoms with Crippen LogP contribution in [0.1, 0.15) is 11.1 Å². The van der Waals surface area contributed by atoms with Crippen LogP contribution in [0.25, 0.3) is 0 Å². The summed E-state index contributed by atoms with van der Waals surface area (Å²) in [4.78, 5) is -0.246. The summed E-state index contributed by atoms with van der Waals surface area (Å²) in [6.07, 6.45) is 0. The zero-order chi connectivity index (χ0) is 22.3. The van der Waals surface area contributed by atoms with Gasteiger partial charge in [-0.1, -0.05) is 11.6 Å². The molecule has 1 heterocycles. The van der Waals surface area contributed by atoms with Gasteiger partial charge in [0.25, 0.3) is 0 Å². The summed E-state index contributed by atoms with van der Waals surface area (Å²) in [5.74, 6) is 0. The van der Waals surface area contributed by atoms with Gasteiger partial charge in [0.1, 0.15) is 10.9 Å². The number of nitriles is 1. The number of nitrogens with zero attached hydrogens (tertiary/aromatic N) is 2. The second-order valence-corrected chi connectivity index (χ2v) is 11.6. The molecule has 0 radical (unpaired) electrons. The molecule has 0 amide bonds. The summed E-state index contributed by atoms with van der Waals surface area (Å²) in [6, 6.07) is 11.2. The Bertz CT molecular complexity index is 1220. The average Bonchev–Trinajstić information content (AvgIpc) is 3.08. The van der Waals surface area contributed by atoms with Gasteiger partial charge in [0.15, 0.2) is 9.84 Å². The standard InChI is InChI=1S/C19H19ClN2O6S2/c1-13-8-14(9-21)2-7-17(13)30(27,28)22-10-18(19(24,11-22)12-23)29(25,26)16-5-3-15(20)4-6-16/h2-8,18,23-24H,10-12H2,1H3/t18-,19+/m0/s1. The summed E-state index contributed by atoms with van der Waals surface area (Å²) in [5, 5.41) is 28.3. The molecule has 1 aliphatic heterocycles. The van der Waals surface area contributed by atoms with E-state index in [0.717, 1.165) is 4.31 Å². The molecule has 11 heteroatoms. The van der Waals surface area contributed by atoms with Crippen molar-refractivity contribution in [2.24, 2.45) is 0 Å². The highest BCUT2D eigenvalue weighted by Gasteiger charge is 2.55. The number of halogens is 1. The first-order valence-corrected chi connectivity index (χ1v) is 12.2. The number of hydrogen-bond donors (Lipinski definition) is 2. The van der Waals surface area contributed by atoms with Crippen molar-refractivity contribution in [1.29, 1.82) is 5.26 Å². The number of β-amino-alcohol motifs (C(OH)–C–C–N with tert-alkyl or cyclic N) is 1. The zero-order valence-electron chi connectivity index (χ0n) is 15.9. The molecule has 1 saturated heterocycles. The Hall–Kier alpha value is -2.00. The number of rotatable bonds is 5. The molecule has 0 aromatic heterocycles. The molecule has 0 aliphatic carbocycles. The summed E-state index contributed by atoms with van der Waals surface area (Å²) in [5.41, 5.74) is -1.60. The molecule has 3 rings (SSSR count). The molecule has 0 saturated carbocycles. The van der Waals surface area contributed by atoms with Crippen LogP contribution in [0.2, 0.25) is 5.02 Å². The normalized spacial score (nSPS) is 22.7. The monoisotopic (exact) mass is 470 g/mol. The van der Waals surface area contributed by atoms with Gasteiger partial charge in [-0.3, -0.25) is 0 Å². The van der Waals surface area contributed by atoms with Crippen LogP contribution < -0.4 is 0 Å². The largest absolute Gasteiger partial charge is 0.393 e. The van der Waals surface area contributed by atoms with Gasteiger partial charge < -0.3 is 10.2 Å². The molecule has 1 fully saturated rings. The summed E-state index contributed by atoms with van der Waals surface area (Å²) in [6.45, 7) is -0.556. The van der Waals surface area contributed by atoms with E-state index in [1.807, 2.05) is 6.07 Å². The van der Waals surface area contributed by atoms with E-state index in [1.165, 1.54) is 49.4 Å². The lowest BCUT2D eigenvalue weighted by atomic mass is 10.1. The fourth-order valence-corrected chi connectivity index (χ4v) is 7.37. The van der Waals surface area contributed by atoms with Crippen molar-refractivity contribution >= 4 is 31.5 Å². The molecular formula is C19H19ClN2O6S2. The number of benzene rings is 2. The van der Waals surface area contributed by atoms with Gasteiger partial charge in [0, 0.05) is 18.1 Å². The minimum Gasteiger partial charge on any atom is -0.393 e. The van der Waals surface area contributed by atoms with Crippen molar-refractivity contribution in [1.82, 2.24) is 4.31 Å². The van der Waals surface area contributed by atoms with Crippen LogP contribution in [0.15, 0.2) is 52.3 Å². The van der Waals surface area contributed by atoms with Gasteiger partial charge in [-0.2, -0.15) is 9.57 Å². The lowest BCUT2D eigenvalue weighted by Crippen LogP contribution is -2.49. The number of aryl methyl sites for hydroxylation is 1. The molecule has 1 aliphatic rings. The fraction of sp³-hybridized carbons (Fsp3) is 0.316. The van der Waals surface area contributed by atoms with Gasteiger partial charge in [-0.15, -0.1) is 0 Å². The highest BCUT2D eigenvalue weighted by atomic mass is 35.5. The van der Waals surface area contributed by atoms with Crippen LogP contribution in [0.4, 0.5) is 0 Å². The minimum atomic E-state index is -4.19. The third-order valence-electron chi connectivity index (χ3n) is 5.13. The second kappa shape index (κ2) is 7.92. The molecule has 30 heavy (non-hydrogen) atoms. The van der Waals surface area contributed by atoms with E-state index in [1.54, 1.807) is 0 Å². The van der Waals surface area contributed by atoms with E-state index < -0.39 is 50.4 Å². The number of hydrogen-bond acceptors (Lipinski definition) is 7. The number of aliphatic hydroxyl groups excluding tert-OH is 1. The molecule has 8 nitrogen and oxygen atoms in total. The first kappa shape index (κ1) is 22.7. The maximum Gasteiger partial charge on any atom is 0.243 e. The molecule has 2 aromatic carbocycles. The Morgan fingerprint density at radius 2 is 1.83 bits per heavy atom. The van der Waals surface area contributed by atoms with E-state index in [0.29, 0.717) is 10.6 Å². The molecule has 160 valence electrons. The molecule has 2 N–H and O–H groups in total. The van der Waals surface area contributed by atoms with E-state index in [-0.39, 0.29) is 15.4 Å². The van der Waals surface area contributed by atoms with Crippen LogP contribution >= 0.6 is 11.6 Å². The smallest absolute Gasteiger partial charge is 0.243 e. The van der Waals surface area contributed by atoms with Crippen LogP contribution in [-0.2, 0) is 19.9 Å². The van der Waals surface area contributed by atoms with Gasteiger partial charge in [-0.05, 0) is 55.0 Å². The van der Waals surface area contributed by atoms with Crippen molar-refractivity contribution < 1.29 is 27.0 Å². The third-order valence-corrected chi connectivity index (χ3v) is 9.62. The lowest BCUT2D eigenvalue weighted by Gasteiger charge is -2.26. The van der Waals surface area contributed by atoms with Crippen LogP contribution in [0, 0.1) is 18.3 Å². The maximum atomic E-state index is 13.2. The molecule has 0 unspecified atom stereocenters. The van der Waals surface area contributed by atoms with E-state index in [9.17, 15) is 27.0 Å². The topological polar surface area (TPSA) is 136 Å². The molecule has 0 spiro atoms. The van der Waals surface area contributed by atoms with Gasteiger partial charge >= 0.3 is 0 Å². The van der Waals surface area contributed by atoms with Gasteiger partial charge in [0.2, 0.25) is 10.0 Å². The van der Waals surface area contributed by atoms with Gasteiger partial charge in [-0.25, -0.2) is 16.8 Å². The average molecular weight is 471 g/mol. The highest BCUT2D eigenvalue weighted by Crippen LogP contribution is 2.35. The second-order valence-electron chi connectivity index (χ2n) is 7.14. The highest BCUT2D eigenvalue weighted by molar-refractivity contribution is 7.92. The van der Waals surface area contributed by atoms with E-state index in [2.05, 4.69) is 0 Å². The Morgan fingerprint density at radius 1 is 1.20 bits per heavy atom. The van der Waals surface area contributed by atoms with Gasteiger partial charge in [0.05, 0.1) is 28.0 Å². The number of sulfonamides is 1. The fourth-order valence-electron chi connectivity index (χ4n) is 3.48.